The van der Waals surface area contributed by atoms with E-state index in [0.29, 0.717) is 0 Å². The topological polar surface area (TPSA) is 12.4 Å². The maximum absolute atomic E-state index is 5.13. The molecule has 0 fully saturated rings. The Labute approximate surface area is 70.6 Å². The van der Waals surface area contributed by atoms with Crippen molar-refractivity contribution in [3.63, 3.8) is 0 Å². The Morgan fingerprint density at radius 1 is 1.70 bits per heavy atom. The molecule has 0 N–H and O–H groups in total. The molecule has 1 rings (SSSR count). The third-order valence-electron chi connectivity index (χ3n) is 1.45. The maximum atomic E-state index is 5.13. The number of hydrogen-bond donors (Lipinski definition) is 0. The van der Waals surface area contributed by atoms with Crippen LogP contribution < -0.4 is 0 Å². The molecule has 1 unspecified atom stereocenters. The van der Waals surface area contributed by atoms with Crippen LogP contribution in [0.4, 0.5) is 0 Å². The summed E-state index contributed by atoms with van der Waals surface area (Å²) >= 11 is 6.71. The first-order chi connectivity index (χ1) is 4.69. The normalized spacial score (nSPS) is 29.4. The molecule has 0 aliphatic carbocycles. The summed E-state index contributed by atoms with van der Waals surface area (Å²) in [5.41, 5.74) is -0.214. The van der Waals surface area contributed by atoms with E-state index in [2.05, 4.69) is 4.99 Å². The van der Waals surface area contributed by atoms with Gasteiger partial charge in [0.15, 0.2) is 0 Å². The van der Waals surface area contributed by atoms with Gasteiger partial charge < -0.3 is 0 Å². The van der Waals surface area contributed by atoms with Crippen LogP contribution in [0.3, 0.4) is 0 Å². The molecule has 10 heavy (non-hydrogen) atoms. The summed E-state index contributed by atoms with van der Waals surface area (Å²) in [5, 5.41) is 0. The van der Waals surface area contributed by atoms with Gasteiger partial charge in [-0.15, -0.1) is 11.8 Å². The lowest BCUT2D eigenvalue weighted by molar-refractivity contribution is 0.827. The molecule has 0 saturated carbocycles. The minimum atomic E-state index is -0.214. The molecule has 0 aromatic heterocycles. The van der Waals surface area contributed by atoms with Crippen LogP contribution in [0.15, 0.2) is 17.1 Å². The molecule has 0 amide bonds. The number of thiocarbonyl (C=S) groups is 1. The van der Waals surface area contributed by atoms with Crippen molar-refractivity contribution < 1.29 is 0 Å². The Morgan fingerprint density at radius 3 is 2.80 bits per heavy atom. The number of allylic oxidation sites excluding steroid dienone is 1. The van der Waals surface area contributed by atoms with E-state index in [1.54, 1.807) is 18.0 Å². The quantitative estimate of drug-likeness (QED) is 0.560. The van der Waals surface area contributed by atoms with Crippen molar-refractivity contribution >= 4 is 34.4 Å². The van der Waals surface area contributed by atoms with Crippen molar-refractivity contribution in [2.75, 3.05) is 6.26 Å². The van der Waals surface area contributed by atoms with Crippen molar-refractivity contribution in [1.29, 1.82) is 0 Å². The molecule has 1 nitrogen and oxygen atoms in total. The largest absolute Gasteiger partial charge is 0.276 e. The molecule has 0 aromatic rings. The first-order valence-corrected chi connectivity index (χ1v) is 4.64. The Morgan fingerprint density at radius 2 is 2.40 bits per heavy atom. The lowest BCUT2D eigenvalue weighted by atomic mass is 10.1. The van der Waals surface area contributed by atoms with Crippen LogP contribution in [0.25, 0.3) is 0 Å². The zero-order chi connectivity index (χ0) is 7.61. The molecular weight excluding hydrogens is 162 g/mol. The predicted molar refractivity (Wildman–Crippen MR) is 52.2 cm³/mol. The lowest BCUT2D eigenvalue weighted by Crippen LogP contribution is -2.24. The fourth-order valence-corrected chi connectivity index (χ4v) is 1.45. The van der Waals surface area contributed by atoms with E-state index >= 15 is 0 Å². The van der Waals surface area contributed by atoms with Gasteiger partial charge in [0, 0.05) is 6.21 Å². The third-order valence-corrected chi connectivity index (χ3v) is 3.15. The molecule has 0 saturated heterocycles. The molecule has 0 spiro atoms. The van der Waals surface area contributed by atoms with Crippen LogP contribution in [0, 0.1) is 0 Å². The van der Waals surface area contributed by atoms with E-state index in [1.165, 1.54) is 0 Å². The summed E-state index contributed by atoms with van der Waals surface area (Å²) < 4.78 is 0.928. The zero-order valence-corrected chi connectivity index (χ0v) is 7.63. The van der Waals surface area contributed by atoms with E-state index in [4.69, 9.17) is 12.2 Å². The third kappa shape index (κ3) is 1.30. The molecule has 3 heteroatoms. The molecule has 0 bridgehead atoms. The predicted octanol–water partition coefficient (Wildman–Crippen LogP) is 2.08. The number of thioether (sulfide) groups is 1. The van der Waals surface area contributed by atoms with E-state index < -0.39 is 0 Å². The maximum Gasteiger partial charge on any atom is 0.117 e. The van der Waals surface area contributed by atoms with Gasteiger partial charge in [-0.3, -0.25) is 4.99 Å². The highest BCUT2D eigenvalue weighted by atomic mass is 32.2. The fourth-order valence-electron chi connectivity index (χ4n) is 0.799. The average Bonchev–Trinajstić information content (AvgIpc) is 2.36. The lowest BCUT2D eigenvalue weighted by Gasteiger charge is -2.17. The number of aliphatic imine (C=N–C) groups is 1. The summed E-state index contributed by atoms with van der Waals surface area (Å²) in [7, 11) is 0. The number of rotatable bonds is 1. The van der Waals surface area contributed by atoms with Crippen LogP contribution in [-0.2, 0) is 0 Å². The van der Waals surface area contributed by atoms with Gasteiger partial charge in [-0.05, 0) is 19.3 Å². The fraction of sp³-hybridized carbons (Fsp3) is 0.429. The smallest absolute Gasteiger partial charge is 0.117 e. The van der Waals surface area contributed by atoms with E-state index in [-0.39, 0.29) is 5.54 Å². The van der Waals surface area contributed by atoms with Crippen LogP contribution >= 0.6 is 24.0 Å². The Balaban J connectivity index is 2.79. The molecule has 54 valence electrons. The van der Waals surface area contributed by atoms with E-state index in [1.807, 2.05) is 25.3 Å². The Bertz CT molecular complexity index is 194. The van der Waals surface area contributed by atoms with Gasteiger partial charge in [0.05, 0.1) is 4.20 Å². The summed E-state index contributed by atoms with van der Waals surface area (Å²) in [5.74, 6) is 0. The highest BCUT2D eigenvalue weighted by molar-refractivity contribution is 8.22. The van der Waals surface area contributed by atoms with Gasteiger partial charge in [0.25, 0.3) is 0 Å². The van der Waals surface area contributed by atoms with E-state index in [9.17, 15) is 0 Å². The Kier molecular flexibility index (Phi) is 2.26. The SMILES string of the molecule is CSC(=S)C1(C)C=CC=N1. The van der Waals surface area contributed by atoms with Crippen LogP contribution in [0.1, 0.15) is 6.92 Å². The zero-order valence-electron chi connectivity index (χ0n) is 6.00. The molecule has 0 radical (unpaired) electrons. The van der Waals surface area contributed by atoms with Crippen molar-refractivity contribution in [2.45, 2.75) is 12.5 Å². The first-order valence-electron chi connectivity index (χ1n) is 3.00. The number of nitrogens with zero attached hydrogens (tertiary/aromatic N) is 1. The van der Waals surface area contributed by atoms with Crippen molar-refractivity contribution in [3.8, 4) is 0 Å². The van der Waals surface area contributed by atoms with E-state index in [0.717, 1.165) is 4.20 Å². The molecular formula is C7H9NS2. The second-order valence-corrected chi connectivity index (χ2v) is 3.76. The average molecular weight is 171 g/mol. The summed E-state index contributed by atoms with van der Waals surface area (Å²) in [6.45, 7) is 2.02. The minimum Gasteiger partial charge on any atom is -0.276 e. The van der Waals surface area contributed by atoms with Gasteiger partial charge >= 0.3 is 0 Å². The van der Waals surface area contributed by atoms with Crippen molar-refractivity contribution in [2.24, 2.45) is 4.99 Å². The van der Waals surface area contributed by atoms with Gasteiger partial charge in [0.1, 0.15) is 5.54 Å². The molecule has 1 aliphatic rings. The van der Waals surface area contributed by atoms with Gasteiger partial charge in [0.2, 0.25) is 0 Å². The van der Waals surface area contributed by atoms with Crippen molar-refractivity contribution in [3.05, 3.63) is 12.2 Å². The Hall–Kier alpha value is -0.150. The van der Waals surface area contributed by atoms with Crippen LogP contribution in [0.5, 0.6) is 0 Å². The molecule has 0 aromatic carbocycles. The molecule has 1 atom stereocenters. The van der Waals surface area contributed by atoms with Gasteiger partial charge in [-0.25, -0.2) is 0 Å². The summed E-state index contributed by atoms with van der Waals surface area (Å²) in [6.07, 6.45) is 7.73. The van der Waals surface area contributed by atoms with Crippen LogP contribution in [0.2, 0.25) is 0 Å². The highest BCUT2D eigenvalue weighted by Crippen LogP contribution is 2.23. The number of hydrogen-bond acceptors (Lipinski definition) is 3. The molecule has 1 aliphatic heterocycles. The van der Waals surface area contributed by atoms with Crippen molar-refractivity contribution in [1.82, 2.24) is 0 Å². The molecule has 1 heterocycles. The first kappa shape index (κ1) is 7.95. The standard InChI is InChI=1S/C7H9NS2/c1-7(6(9)10-2)4-3-5-8-7/h3-5H,1-2H3. The monoisotopic (exact) mass is 171 g/mol. The summed E-state index contributed by atoms with van der Waals surface area (Å²) in [4.78, 5) is 4.24. The second-order valence-electron chi connectivity index (χ2n) is 2.28. The van der Waals surface area contributed by atoms with Gasteiger partial charge in [-0.2, -0.15) is 0 Å². The van der Waals surface area contributed by atoms with Gasteiger partial charge in [-0.1, -0.05) is 18.3 Å². The highest BCUT2D eigenvalue weighted by Gasteiger charge is 2.25. The minimum absolute atomic E-state index is 0.214. The second kappa shape index (κ2) is 2.84. The van der Waals surface area contributed by atoms with Crippen LogP contribution in [-0.4, -0.2) is 22.2 Å². The summed E-state index contributed by atoms with van der Waals surface area (Å²) in [6, 6.07) is 0.